The van der Waals surface area contributed by atoms with Gasteiger partial charge in [0.15, 0.2) is 5.78 Å². The van der Waals surface area contributed by atoms with Crippen molar-refractivity contribution in [1.82, 2.24) is 10.6 Å². The summed E-state index contributed by atoms with van der Waals surface area (Å²) in [5, 5.41) is 5.88. The van der Waals surface area contributed by atoms with Crippen molar-refractivity contribution in [2.75, 3.05) is 46.6 Å². The number of quaternary nitrogens is 1. The Hall–Kier alpha value is -1.02. The number of ketones is 1. The topological polar surface area (TPSA) is 104 Å². The third-order valence-corrected chi connectivity index (χ3v) is 3.36. The monoisotopic (exact) mass is 332 g/mol. The Balaban J connectivity index is 3.43. The van der Waals surface area contributed by atoms with E-state index < -0.39 is 0 Å². The maximum Gasteiger partial charge on any atom is 0.223 e. The van der Waals surface area contributed by atoms with Crippen LogP contribution in [-0.4, -0.2) is 64.3 Å². The first kappa shape index (κ1) is 22.0. The fourth-order valence-electron chi connectivity index (χ4n) is 1.83. The number of rotatable bonds is 15. The molecule has 0 aliphatic carbocycles. The lowest BCUT2D eigenvalue weighted by Crippen LogP contribution is -2.63. The van der Waals surface area contributed by atoms with Gasteiger partial charge in [0, 0.05) is 32.1 Å². The van der Waals surface area contributed by atoms with E-state index in [0.29, 0.717) is 26.4 Å². The van der Waals surface area contributed by atoms with Crippen LogP contribution in [0.4, 0.5) is 0 Å². The molecule has 0 rings (SSSR count). The van der Waals surface area contributed by atoms with E-state index in [1.165, 1.54) is 0 Å². The SMILES string of the molecule is CNCCCOCCOCCCNC(=O)C(C)CC(=O)C(C)[NH3+]. The maximum atomic E-state index is 11.8. The molecule has 136 valence electrons. The van der Waals surface area contributed by atoms with E-state index in [1.807, 2.05) is 7.05 Å². The Kier molecular flexibility index (Phi) is 13.9. The van der Waals surface area contributed by atoms with Crippen molar-refractivity contribution in [1.29, 1.82) is 0 Å². The number of hydrogen-bond donors (Lipinski definition) is 3. The van der Waals surface area contributed by atoms with Crippen LogP contribution in [0.1, 0.15) is 33.1 Å². The molecule has 0 spiro atoms. The summed E-state index contributed by atoms with van der Waals surface area (Å²) >= 11 is 0. The molecule has 0 saturated heterocycles. The number of carbonyl (C=O) groups is 2. The van der Waals surface area contributed by atoms with Gasteiger partial charge in [-0.05, 0) is 33.4 Å². The number of Topliss-reactive ketones (excluding diaryl/α,β-unsaturated/α-hetero) is 1. The molecule has 0 bridgehead atoms. The molecule has 5 N–H and O–H groups in total. The van der Waals surface area contributed by atoms with Gasteiger partial charge >= 0.3 is 0 Å². The van der Waals surface area contributed by atoms with Crippen molar-refractivity contribution in [3.05, 3.63) is 0 Å². The third-order valence-electron chi connectivity index (χ3n) is 3.36. The molecule has 7 nitrogen and oxygen atoms in total. The molecule has 0 aliphatic heterocycles. The second-order valence-electron chi connectivity index (χ2n) is 5.80. The second kappa shape index (κ2) is 14.6. The summed E-state index contributed by atoms with van der Waals surface area (Å²) in [6.45, 7) is 7.51. The van der Waals surface area contributed by atoms with Crippen LogP contribution in [0.3, 0.4) is 0 Å². The summed E-state index contributed by atoms with van der Waals surface area (Å²) in [6, 6.07) is -0.265. The summed E-state index contributed by atoms with van der Waals surface area (Å²) in [4.78, 5) is 23.4. The van der Waals surface area contributed by atoms with Crippen LogP contribution in [-0.2, 0) is 19.1 Å². The fraction of sp³-hybridized carbons (Fsp3) is 0.875. The average Bonchev–Trinajstić information content (AvgIpc) is 2.52. The van der Waals surface area contributed by atoms with Crippen molar-refractivity contribution < 1.29 is 24.8 Å². The van der Waals surface area contributed by atoms with Gasteiger partial charge in [0.25, 0.3) is 0 Å². The van der Waals surface area contributed by atoms with Gasteiger partial charge < -0.3 is 25.8 Å². The van der Waals surface area contributed by atoms with Crippen LogP contribution >= 0.6 is 0 Å². The molecule has 7 heteroatoms. The van der Waals surface area contributed by atoms with Gasteiger partial charge in [-0.1, -0.05) is 6.92 Å². The van der Waals surface area contributed by atoms with Crippen LogP contribution in [0.15, 0.2) is 0 Å². The predicted octanol–water partition coefficient (Wildman–Crippen LogP) is -0.639. The van der Waals surface area contributed by atoms with Crippen molar-refractivity contribution in [3.8, 4) is 0 Å². The highest BCUT2D eigenvalue weighted by molar-refractivity contribution is 5.88. The lowest BCUT2D eigenvalue weighted by Gasteiger charge is -2.12. The summed E-state index contributed by atoms with van der Waals surface area (Å²) in [5.74, 6) is -0.379. The van der Waals surface area contributed by atoms with Crippen molar-refractivity contribution in [3.63, 3.8) is 0 Å². The zero-order valence-electron chi connectivity index (χ0n) is 14.9. The lowest BCUT2D eigenvalue weighted by molar-refractivity contribution is -0.397. The van der Waals surface area contributed by atoms with E-state index in [0.717, 1.165) is 26.0 Å². The number of ether oxygens (including phenoxy) is 2. The first-order valence-electron chi connectivity index (χ1n) is 8.42. The third kappa shape index (κ3) is 13.1. The highest BCUT2D eigenvalue weighted by Gasteiger charge is 2.20. The smallest absolute Gasteiger partial charge is 0.223 e. The van der Waals surface area contributed by atoms with E-state index in [4.69, 9.17) is 9.47 Å². The van der Waals surface area contributed by atoms with Crippen LogP contribution < -0.4 is 16.4 Å². The van der Waals surface area contributed by atoms with Crippen molar-refractivity contribution >= 4 is 11.7 Å². The van der Waals surface area contributed by atoms with Gasteiger partial charge in [-0.25, -0.2) is 0 Å². The van der Waals surface area contributed by atoms with Gasteiger partial charge in [0.05, 0.1) is 13.2 Å². The minimum Gasteiger partial charge on any atom is -0.379 e. The Morgan fingerprint density at radius 2 is 1.57 bits per heavy atom. The Morgan fingerprint density at radius 3 is 2.09 bits per heavy atom. The van der Waals surface area contributed by atoms with Crippen LogP contribution in [0.2, 0.25) is 0 Å². The Morgan fingerprint density at radius 1 is 1.00 bits per heavy atom. The number of carbonyl (C=O) groups excluding carboxylic acids is 2. The normalized spacial score (nSPS) is 13.6. The van der Waals surface area contributed by atoms with Crippen LogP contribution in [0.5, 0.6) is 0 Å². The van der Waals surface area contributed by atoms with Crippen molar-refractivity contribution in [2.45, 2.75) is 39.2 Å². The fourth-order valence-corrected chi connectivity index (χ4v) is 1.83. The molecule has 0 saturated carbocycles. The highest BCUT2D eigenvalue weighted by atomic mass is 16.5. The van der Waals surface area contributed by atoms with Gasteiger partial charge in [-0.3, -0.25) is 9.59 Å². The molecule has 0 aromatic heterocycles. The minimum absolute atomic E-state index is 0.0192. The van der Waals surface area contributed by atoms with E-state index >= 15 is 0 Å². The van der Waals surface area contributed by atoms with E-state index in [2.05, 4.69) is 16.4 Å². The van der Waals surface area contributed by atoms with Crippen LogP contribution in [0, 0.1) is 5.92 Å². The van der Waals surface area contributed by atoms with E-state index in [1.54, 1.807) is 13.8 Å². The molecule has 1 amide bonds. The Labute approximate surface area is 139 Å². The van der Waals surface area contributed by atoms with Gasteiger partial charge in [-0.2, -0.15) is 0 Å². The average molecular weight is 332 g/mol. The lowest BCUT2D eigenvalue weighted by atomic mass is 10.0. The molecular weight excluding hydrogens is 298 g/mol. The summed E-state index contributed by atoms with van der Waals surface area (Å²) in [6.07, 6.45) is 1.99. The Bertz CT molecular complexity index is 324. The molecular formula is C16H34N3O4+. The standard InChI is InChI=1S/C16H33N3O4/c1-13(12-15(20)14(2)17)16(21)19-7-5-9-23-11-10-22-8-4-6-18-3/h13-14,18H,4-12,17H2,1-3H3,(H,19,21)/p+1. The summed E-state index contributed by atoms with van der Waals surface area (Å²) < 4.78 is 10.8. The van der Waals surface area contributed by atoms with Gasteiger partial charge in [-0.15, -0.1) is 0 Å². The van der Waals surface area contributed by atoms with E-state index in [9.17, 15) is 9.59 Å². The zero-order valence-corrected chi connectivity index (χ0v) is 14.9. The van der Waals surface area contributed by atoms with E-state index in [-0.39, 0.29) is 30.1 Å². The minimum atomic E-state index is -0.307. The molecule has 2 unspecified atom stereocenters. The maximum absolute atomic E-state index is 11.8. The molecule has 23 heavy (non-hydrogen) atoms. The second-order valence-corrected chi connectivity index (χ2v) is 5.80. The van der Waals surface area contributed by atoms with Crippen molar-refractivity contribution in [2.24, 2.45) is 5.92 Å². The number of amides is 1. The molecule has 2 atom stereocenters. The number of nitrogens with one attached hydrogen (secondary N) is 2. The molecule has 0 aromatic rings. The predicted molar refractivity (Wildman–Crippen MR) is 88.9 cm³/mol. The van der Waals surface area contributed by atoms with Crippen LogP contribution in [0.25, 0.3) is 0 Å². The highest BCUT2D eigenvalue weighted by Crippen LogP contribution is 2.03. The molecule has 0 radical (unpaired) electrons. The first-order valence-corrected chi connectivity index (χ1v) is 8.42. The summed E-state index contributed by atoms with van der Waals surface area (Å²) in [7, 11) is 1.92. The zero-order chi connectivity index (χ0) is 17.5. The molecule has 0 fully saturated rings. The first-order chi connectivity index (χ1) is 11.0. The largest absolute Gasteiger partial charge is 0.379 e. The number of hydrogen-bond acceptors (Lipinski definition) is 5. The van der Waals surface area contributed by atoms with Gasteiger partial charge in [0.1, 0.15) is 6.04 Å². The molecule has 0 aliphatic rings. The van der Waals surface area contributed by atoms with Gasteiger partial charge in [0.2, 0.25) is 5.91 Å². The summed E-state index contributed by atoms with van der Waals surface area (Å²) in [5.41, 5.74) is 3.67. The molecule has 0 heterocycles. The quantitative estimate of drug-likeness (QED) is 0.346. The molecule has 0 aromatic carbocycles.